The summed E-state index contributed by atoms with van der Waals surface area (Å²) in [6.45, 7) is 5.06. The van der Waals surface area contributed by atoms with Crippen LogP contribution in [0.15, 0.2) is 30.7 Å². The summed E-state index contributed by atoms with van der Waals surface area (Å²) in [4.78, 5) is 19.0. The fraction of sp³-hybridized carbons (Fsp3) is 0.500. The maximum absolute atomic E-state index is 12.4. The van der Waals surface area contributed by atoms with Crippen molar-refractivity contribution < 1.29 is 4.79 Å². The van der Waals surface area contributed by atoms with Gasteiger partial charge in [-0.2, -0.15) is 5.10 Å². The fourth-order valence-corrected chi connectivity index (χ4v) is 3.17. The van der Waals surface area contributed by atoms with E-state index >= 15 is 0 Å². The van der Waals surface area contributed by atoms with Crippen LogP contribution in [-0.2, 0) is 11.2 Å². The second-order valence-corrected chi connectivity index (χ2v) is 6.53. The molecular formula is C18H25N5O. The number of hydrogen-bond donors (Lipinski definition) is 2. The predicted molar refractivity (Wildman–Crippen MR) is 93.7 cm³/mol. The second kappa shape index (κ2) is 8.06. The lowest BCUT2D eigenvalue weighted by Gasteiger charge is -2.31. The largest absolute Gasteiger partial charge is 0.310 e. The van der Waals surface area contributed by atoms with E-state index in [4.69, 9.17) is 0 Å². The van der Waals surface area contributed by atoms with E-state index in [2.05, 4.69) is 25.4 Å². The van der Waals surface area contributed by atoms with Crippen molar-refractivity contribution >= 4 is 11.7 Å². The molecule has 1 amide bonds. The lowest BCUT2D eigenvalue weighted by atomic mass is 9.95. The Kier molecular flexibility index (Phi) is 5.59. The molecule has 6 nitrogen and oxygen atoms in total. The summed E-state index contributed by atoms with van der Waals surface area (Å²) < 4.78 is 0. The van der Waals surface area contributed by atoms with Gasteiger partial charge >= 0.3 is 0 Å². The van der Waals surface area contributed by atoms with Crippen LogP contribution in [0.4, 0.5) is 5.82 Å². The first-order valence-electron chi connectivity index (χ1n) is 8.64. The Labute approximate surface area is 142 Å². The van der Waals surface area contributed by atoms with Crippen molar-refractivity contribution in [2.24, 2.45) is 5.92 Å². The number of carbonyl (C=O) groups excluding carboxylic acids is 1. The van der Waals surface area contributed by atoms with Gasteiger partial charge in [0.15, 0.2) is 0 Å². The van der Waals surface area contributed by atoms with Crippen LogP contribution in [0.2, 0.25) is 0 Å². The molecule has 0 unspecified atom stereocenters. The van der Waals surface area contributed by atoms with Gasteiger partial charge < -0.3 is 10.2 Å². The minimum atomic E-state index is 0.0948. The zero-order valence-electron chi connectivity index (χ0n) is 14.2. The molecule has 0 atom stereocenters. The number of hydrogen-bond acceptors (Lipinski definition) is 4. The molecule has 128 valence electrons. The molecule has 3 heterocycles. The van der Waals surface area contributed by atoms with Gasteiger partial charge in [0.25, 0.3) is 0 Å². The Hall–Kier alpha value is -2.21. The van der Waals surface area contributed by atoms with Crippen molar-refractivity contribution in [1.29, 1.82) is 0 Å². The van der Waals surface area contributed by atoms with Crippen molar-refractivity contribution in [3.8, 4) is 0 Å². The van der Waals surface area contributed by atoms with E-state index in [1.807, 2.05) is 31.5 Å². The lowest BCUT2D eigenvalue weighted by Crippen LogP contribution is -2.38. The highest BCUT2D eigenvalue weighted by molar-refractivity contribution is 5.91. The number of carbonyl (C=O) groups is 1. The fourth-order valence-electron chi connectivity index (χ4n) is 3.17. The number of H-pyrrole nitrogens is 1. The molecule has 0 aromatic carbocycles. The first kappa shape index (κ1) is 16.6. The number of amides is 1. The van der Waals surface area contributed by atoms with E-state index in [0.717, 1.165) is 50.9 Å². The van der Waals surface area contributed by atoms with Crippen molar-refractivity contribution in [2.75, 3.05) is 25.0 Å². The lowest BCUT2D eigenvalue weighted by molar-refractivity contribution is -0.121. The van der Waals surface area contributed by atoms with Gasteiger partial charge in [0, 0.05) is 18.3 Å². The molecule has 0 aliphatic carbocycles. The molecule has 2 aromatic rings. The quantitative estimate of drug-likeness (QED) is 0.854. The van der Waals surface area contributed by atoms with Gasteiger partial charge in [-0.05, 0) is 75.5 Å². The zero-order valence-corrected chi connectivity index (χ0v) is 14.2. The maximum atomic E-state index is 12.4. The van der Waals surface area contributed by atoms with E-state index in [9.17, 15) is 4.79 Å². The molecule has 0 spiro atoms. The third-order valence-corrected chi connectivity index (χ3v) is 4.62. The number of nitrogens with zero attached hydrogens (tertiary/aromatic N) is 3. The van der Waals surface area contributed by atoms with Gasteiger partial charge in [0.2, 0.25) is 5.91 Å². The SMILES string of the molecule is Cc1ccnc(NC(=O)C2CCN(CCCc3cn[nH]c3)CC2)c1. The zero-order chi connectivity index (χ0) is 16.8. The molecule has 1 aliphatic rings. The molecule has 2 aromatic heterocycles. The van der Waals surface area contributed by atoms with Crippen LogP contribution in [0.3, 0.4) is 0 Å². The molecule has 6 heteroatoms. The minimum Gasteiger partial charge on any atom is -0.310 e. The minimum absolute atomic E-state index is 0.0948. The van der Waals surface area contributed by atoms with Crippen LogP contribution in [0.25, 0.3) is 0 Å². The Morgan fingerprint density at radius 3 is 2.96 bits per heavy atom. The number of likely N-dealkylation sites (tertiary alicyclic amines) is 1. The number of pyridine rings is 1. The normalized spacial score (nSPS) is 16.2. The Balaban J connectivity index is 1.39. The van der Waals surface area contributed by atoms with E-state index in [1.165, 1.54) is 5.56 Å². The second-order valence-electron chi connectivity index (χ2n) is 6.53. The summed E-state index contributed by atoms with van der Waals surface area (Å²) in [6, 6.07) is 3.83. The van der Waals surface area contributed by atoms with Crippen molar-refractivity contribution in [1.82, 2.24) is 20.1 Å². The van der Waals surface area contributed by atoms with Gasteiger partial charge in [-0.25, -0.2) is 4.98 Å². The highest BCUT2D eigenvalue weighted by Crippen LogP contribution is 2.19. The summed E-state index contributed by atoms with van der Waals surface area (Å²) >= 11 is 0. The molecule has 24 heavy (non-hydrogen) atoms. The number of aryl methyl sites for hydroxylation is 2. The number of piperidine rings is 1. The number of nitrogens with one attached hydrogen (secondary N) is 2. The Morgan fingerprint density at radius 1 is 1.42 bits per heavy atom. The van der Waals surface area contributed by atoms with Crippen LogP contribution in [-0.4, -0.2) is 45.6 Å². The molecular weight excluding hydrogens is 302 g/mol. The molecule has 0 radical (unpaired) electrons. The van der Waals surface area contributed by atoms with Crippen LogP contribution in [0.1, 0.15) is 30.4 Å². The summed E-state index contributed by atoms with van der Waals surface area (Å²) in [5, 5.41) is 9.77. The monoisotopic (exact) mass is 327 g/mol. The maximum Gasteiger partial charge on any atom is 0.228 e. The third kappa shape index (κ3) is 4.64. The molecule has 1 aliphatic heterocycles. The highest BCUT2D eigenvalue weighted by atomic mass is 16.1. The van der Waals surface area contributed by atoms with Gasteiger partial charge in [-0.1, -0.05) is 0 Å². The van der Waals surface area contributed by atoms with Gasteiger partial charge in [-0.3, -0.25) is 9.89 Å². The van der Waals surface area contributed by atoms with E-state index in [-0.39, 0.29) is 11.8 Å². The molecule has 2 N–H and O–H groups in total. The van der Waals surface area contributed by atoms with Crippen LogP contribution < -0.4 is 5.32 Å². The van der Waals surface area contributed by atoms with E-state index in [1.54, 1.807) is 6.20 Å². The van der Waals surface area contributed by atoms with Crippen LogP contribution in [0, 0.1) is 12.8 Å². The molecule has 0 saturated carbocycles. The Bertz CT molecular complexity index is 647. The molecule has 1 fully saturated rings. The number of aromatic amines is 1. The summed E-state index contributed by atoms with van der Waals surface area (Å²) in [6.07, 6.45) is 9.59. The molecule has 3 rings (SSSR count). The first-order chi connectivity index (χ1) is 11.7. The van der Waals surface area contributed by atoms with Crippen molar-refractivity contribution in [3.05, 3.63) is 41.9 Å². The van der Waals surface area contributed by atoms with Crippen LogP contribution in [0.5, 0.6) is 0 Å². The third-order valence-electron chi connectivity index (χ3n) is 4.62. The first-order valence-corrected chi connectivity index (χ1v) is 8.64. The van der Waals surface area contributed by atoms with Gasteiger partial charge in [-0.15, -0.1) is 0 Å². The van der Waals surface area contributed by atoms with Crippen LogP contribution >= 0.6 is 0 Å². The number of rotatable bonds is 6. The van der Waals surface area contributed by atoms with E-state index < -0.39 is 0 Å². The Morgan fingerprint density at radius 2 is 2.25 bits per heavy atom. The average Bonchev–Trinajstić information content (AvgIpc) is 3.09. The van der Waals surface area contributed by atoms with Crippen molar-refractivity contribution in [2.45, 2.75) is 32.6 Å². The molecule has 1 saturated heterocycles. The number of aromatic nitrogens is 3. The predicted octanol–water partition coefficient (Wildman–Crippen LogP) is 2.40. The smallest absolute Gasteiger partial charge is 0.228 e. The summed E-state index contributed by atoms with van der Waals surface area (Å²) in [7, 11) is 0. The summed E-state index contributed by atoms with van der Waals surface area (Å²) in [5.41, 5.74) is 2.36. The topological polar surface area (TPSA) is 73.9 Å². The van der Waals surface area contributed by atoms with Gasteiger partial charge in [0.05, 0.1) is 6.20 Å². The van der Waals surface area contributed by atoms with E-state index in [0.29, 0.717) is 5.82 Å². The molecule has 0 bridgehead atoms. The summed E-state index contributed by atoms with van der Waals surface area (Å²) in [5.74, 6) is 0.853. The van der Waals surface area contributed by atoms with Gasteiger partial charge in [0.1, 0.15) is 5.82 Å². The average molecular weight is 327 g/mol. The standard InChI is InChI=1S/C18H25N5O/c1-14-4-7-19-17(11-14)22-18(24)16-5-9-23(10-6-16)8-2-3-15-12-20-21-13-15/h4,7,11-13,16H,2-3,5-6,8-10H2,1H3,(H,20,21)(H,19,22,24). The van der Waals surface area contributed by atoms with Crippen molar-refractivity contribution in [3.63, 3.8) is 0 Å². The number of anilines is 1. The highest BCUT2D eigenvalue weighted by Gasteiger charge is 2.24.